The summed E-state index contributed by atoms with van der Waals surface area (Å²) in [6.45, 7) is 8.39. The highest BCUT2D eigenvalue weighted by Gasteiger charge is 2.34. The molecular formula is C17H18N2OS. The first-order chi connectivity index (χ1) is 10.1. The predicted molar refractivity (Wildman–Crippen MR) is 89.3 cm³/mol. The maximum Gasteiger partial charge on any atom is 0.168 e. The van der Waals surface area contributed by atoms with Gasteiger partial charge in [-0.3, -0.25) is 4.99 Å². The van der Waals surface area contributed by atoms with Crippen LogP contribution in [0.2, 0.25) is 0 Å². The largest absolute Gasteiger partial charge is 0.461 e. The monoisotopic (exact) mass is 298 g/mol. The molecule has 0 saturated heterocycles. The summed E-state index contributed by atoms with van der Waals surface area (Å²) < 4.78 is 5.80. The number of aryl methyl sites for hydroxylation is 1. The molecule has 0 aliphatic carbocycles. The number of benzene rings is 1. The Morgan fingerprint density at radius 2 is 2.14 bits per heavy atom. The SMILES string of the molecule is Cc1cc2ccc(C3=C(C(C)C)SC4=NCCN43)cc2o1. The molecule has 0 amide bonds. The zero-order valence-electron chi connectivity index (χ0n) is 12.5. The van der Waals surface area contributed by atoms with Crippen LogP contribution in [0.25, 0.3) is 16.7 Å². The van der Waals surface area contributed by atoms with Crippen molar-refractivity contribution in [1.29, 1.82) is 0 Å². The van der Waals surface area contributed by atoms with E-state index in [1.54, 1.807) is 0 Å². The number of furan rings is 1. The Morgan fingerprint density at radius 1 is 1.29 bits per heavy atom. The minimum Gasteiger partial charge on any atom is -0.461 e. The first-order valence-electron chi connectivity index (χ1n) is 7.38. The fourth-order valence-corrected chi connectivity index (χ4v) is 4.21. The zero-order valence-corrected chi connectivity index (χ0v) is 13.3. The Hall–Kier alpha value is -1.68. The van der Waals surface area contributed by atoms with Crippen LogP contribution in [0, 0.1) is 12.8 Å². The number of thioether (sulfide) groups is 1. The number of amidine groups is 1. The number of hydrogen-bond acceptors (Lipinski definition) is 4. The van der Waals surface area contributed by atoms with Gasteiger partial charge in [0.1, 0.15) is 11.3 Å². The molecule has 1 aromatic carbocycles. The Bertz CT molecular complexity index is 785. The van der Waals surface area contributed by atoms with Crippen molar-refractivity contribution in [2.24, 2.45) is 10.9 Å². The molecule has 0 fully saturated rings. The van der Waals surface area contributed by atoms with Crippen molar-refractivity contribution in [2.45, 2.75) is 20.8 Å². The first-order valence-corrected chi connectivity index (χ1v) is 8.20. The lowest BCUT2D eigenvalue weighted by atomic mass is 10.0. The Balaban J connectivity index is 1.87. The van der Waals surface area contributed by atoms with Crippen LogP contribution in [-0.2, 0) is 0 Å². The van der Waals surface area contributed by atoms with E-state index in [9.17, 15) is 0 Å². The van der Waals surface area contributed by atoms with Crippen molar-refractivity contribution < 1.29 is 4.42 Å². The van der Waals surface area contributed by atoms with Gasteiger partial charge < -0.3 is 9.32 Å². The molecule has 4 heteroatoms. The van der Waals surface area contributed by atoms with Crippen molar-refractivity contribution in [1.82, 2.24) is 4.90 Å². The maximum atomic E-state index is 5.80. The van der Waals surface area contributed by atoms with Crippen molar-refractivity contribution >= 4 is 33.6 Å². The highest BCUT2D eigenvalue weighted by Crippen LogP contribution is 2.45. The number of fused-ring (bicyclic) bond motifs is 2. The molecular weight excluding hydrogens is 280 g/mol. The lowest BCUT2D eigenvalue weighted by Gasteiger charge is -2.18. The summed E-state index contributed by atoms with van der Waals surface area (Å²) in [5, 5.41) is 2.33. The summed E-state index contributed by atoms with van der Waals surface area (Å²) in [4.78, 5) is 8.38. The van der Waals surface area contributed by atoms with Crippen LogP contribution in [0.3, 0.4) is 0 Å². The summed E-state index contributed by atoms with van der Waals surface area (Å²) in [6, 6.07) is 8.61. The smallest absolute Gasteiger partial charge is 0.168 e. The topological polar surface area (TPSA) is 28.7 Å². The summed E-state index contributed by atoms with van der Waals surface area (Å²) in [5.41, 5.74) is 3.53. The molecule has 21 heavy (non-hydrogen) atoms. The predicted octanol–water partition coefficient (Wildman–Crippen LogP) is 4.48. The maximum absolute atomic E-state index is 5.80. The van der Waals surface area contributed by atoms with Gasteiger partial charge in [0.25, 0.3) is 0 Å². The van der Waals surface area contributed by atoms with Crippen LogP contribution in [0.1, 0.15) is 25.2 Å². The van der Waals surface area contributed by atoms with E-state index in [0.29, 0.717) is 5.92 Å². The average Bonchev–Trinajstić information content (AvgIpc) is 3.08. The van der Waals surface area contributed by atoms with Gasteiger partial charge in [-0.15, -0.1) is 0 Å². The third kappa shape index (κ3) is 2.01. The first kappa shape index (κ1) is 13.0. The minimum atomic E-state index is 0.507. The summed E-state index contributed by atoms with van der Waals surface area (Å²) in [7, 11) is 0. The summed E-state index contributed by atoms with van der Waals surface area (Å²) in [6.07, 6.45) is 0. The van der Waals surface area contributed by atoms with E-state index in [2.05, 4.69) is 48.0 Å². The minimum absolute atomic E-state index is 0.507. The fraction of sp³-hybridized carbons (Fsp3) is 0.353. The van der Waals surface area contributed by atoms with Gasteiger partial charge in [0.05, 0.1) is 12.2 Å². The van der Waals surface area contributed by atoms with Crippen LogP contribution in [0.4, 0.5) is 0 Å². The van der Waals surface area contributed by atoms with Crippen molar-refractivity contribution in [3.8, 4) is 0 Å². The molecule has 3 heterocycles. The molecule has 0 radical (unpaired) electrons. The van der Waals surface area contributed by atoms with Gasteiger partial charge in [0.15, 0.2) is 5.17 Å². The quantitative estimate of drug-likeness (QED) is 0.818. The van der Waals surface area contributed by atoms with Crippen LogP contribution < -0.4 is 0 Å². The Morgan fingerprint density at radius 3 is 2.95 bits per heavy atom. The lowest BCUT2D eigenvalue weighted by molar-refractivity contribution is 0.578. The van der Waals surface area contributed by atoms with Gasteiger partial charge >= 0.3 is 0 Å². The number of aliphatic imine (C=N–C) groups is 1. The standard InChI is InChI=1S/C17H18N2OS/c1-10(2)16-15(19-7-6-18-17(19)21-16)13-5-4-12-8-11(3)20-14(12)9-13/h4-5,8-10H,6-7H2,1-3H3. The number of rotatable bonds is 2. The van der Waals surface area contributed by atoms with Crippen molar-refractivity contribution in [2.75, 3.05) is 13.1 Å². The van der Waals surface area contributed by atoms with E-state index in [1.165, 1.54) is 21.6 Å². The Labute approximate surface area is 128 Å². The molecule has 0 bridgehead atoms. The third-order valence-corrected chi connectivity index (χ3v) is 5.36. The van der Waals surface area contributed by atoms with Crippen LogP contribution in [0.15, 0.2) is 38.6 Å². The van der Waals surface area contributed by atoms with Crippen LogP contribution in [-0.4, -0.2) is 23.2 Å². The molecule has 2 aromatic rings. The molecule has 4 rings (SSSR count). The fourth-order valence-electron chi connectivity index (χ4n) is 3.00. The van der Waals surface area contributed by atoms with Crippen molar-refractivity contribution in [3.05, 3.63) is 40.5 Å². The Kier molecular flexibility index (Phi) is 2.89. The van der Waals surface area contributed by atoms with Crippen LogP contribution in [0.5, 0.6) is 0 Å². The van der Waals surface area contributed by atoms with E-state index in [0.717, 1.165) is 29.6 Å². The summed E-state index contributed by atoms with van der Waals surface area (Å²) >= 11 is 1.83. The number of hydrogen-bond donors (Lipinski definition) is 0. The molecule has 0 unspecified atom stereocenters. The van der Waals surface area contributed by atoms with E-state index in [1.807, 2.05) is 18.7 Å². The molecule has 0 N–H and O–H groups in total. The highest BCUT2D eigenvalue weighted by molar-refractivity contribution is 8.17. The van der Waals surface area contributed by atoms with E-state index in [-0.39, 0.29) is 0 Å². The molecule has 0 atom stereocenters. The van der Waals surface area contributed by atoms with E-state index < -0.39 is 0 Å². The lowest BCUT2D eigenvalue weighted by Crippen LogP contribution is -2.20. The zero-order chi connectivity index (χ0) is 14.6. The molecule has 2 aliphatic heterocycles. The molecule has 0 spiro atoms. The average molecular weight is 298 g/mol. The second-order valence-corrected chi connectivity index (χ2v) is 6.90. The van der Waals surface area contributed by atoms with E-state index in [4.69, 9.17) is 4.42 Å². The molecule has 0 saturated carbocycles. The number of nitrogens with zero attached hydrogens (tertiary/aromatic N) is 2. The van der Waals surface area contributed by atoms with Gasteiger partial charge in [-0.25, -0.2) is 0 Å². The second-order valence-electron chi connectivity index (χ2n) is 5.90. The van der Waals surface area contributed by atoms with Gasteiger partial charge in [-0.05, 0) is 25.0 Å². The normalized spacial score (nSPS) is 18.1. The van der Waals surface area contributed by atoms with Crippen molar-refractivity contribution in [3.63, 3.8) is 0 Å². The van der Waals surface area contributed by atoms with Crippen LogP contribution >= 0.6 is 11.8 Å². The van der Waals surface area contributed by atoms with E-state index >= 15 is 0 Å². The molecule has 108 valence electrons. The highest BCUT2D eigenvalue weighted by atomic mass is 32.2. The van der Waals surface area contributed by atoms with Gasteiger partial charge in [-0.2, -0.15) is 0 Å². The van der Waals surface area contributed by atoms with Gasteiger partial charge in [0.2, 0.25) is 0 Å². The second kappa shape index (κ2) is 4.67. The molecule has 1 aromatic heterocycles. The third-order valence-electron chi connectivity index (χ3n) is 3.95. The summed E-state index contributed by atoms with van der Waals surface area (Å²) in [5.74, 6) is 1.47. The van der Waals surface area contributed by atoms with Gasteiger partial charge in [0, 0.05) is 22.4 Å². The molecule has 3 nitrogen and oxygen atoms in total. The molecule has 2 aliphatic rings. The van der Waals surface area contributed by atoms with Gasteiger partial charge in [-0.1, -0.05) is 37.7 Å². The number of allylic oxidation sites excluding steroid dienone is 1.